The van der Waals surface area contributed by atoms with Crippen LogP contribution in [-0.2, 0) is 0 Å². The molecule has 1 aromatic heterocycles. The van der Waals surface area contributed by atoms with Gasteiger partial charge in [0.1, 0.15) is 10.8 Å². The lowest BCUT2D eigenvalue weighted by Crippen LogP contribution is -1.93. The number of rotatable bonds is 1. The first-order chi connectivity index (χ1) is 8.66. The third-order valence-corrected chi connectivity index (χ3v) is 3.96. The number of halogens is 1. The molecule has 2 aromatic carbocycles. The molecule has 90 valence electrons. The van der Waals surface area contributed by atoms with Crippen molar-refractivity contribution in [2.24, 2.45) is 0 Å². The van der Waals surface area contributed by atoms with E-state index in [0.29, 0.717) is 5.56 Å². The standard InChI is InChI=1S/C14H11FN2S/c1-8-4-2-7-11-13(8)17-14(18-11)9-5-3-6-10(15)12(9)16/h2-7H,16H2,1H3. The Kier molecular flexibility index (Phi) is 2.52. The maximum absolute atomic E-state index is 13.5. The first-order valence-corrected chi connectivity index (χ1v) is 6.39. The Morgan fingerprint density at radius 3 is 2.72 bits per heavy atom. The van der Waals surface area contributed by atoms with Gasteiger partial charge < -0.3 is 5.73 Å². The number of para-hydroxylation sites is 2. The van der Waals surface area contributed by atoms with Gasteiger partial charge in [0.2, 0.25) is 0 Å². The highest BCUT2D eigenvalue weighted by molar-refractivity contribution is 7.21. The van der Waals surface area contributed by atoms with Crippen molar-refractivity contribution in [1.82, 2.24) is 4.98 Å². The van der Waals surface area contributed by atoms with Gasteiger partial charge in [0, 0.05) is 5.56 Å². The molecule has 18 heavy (non-hydrogen) atoms. The average molecular weight is 258 g/mol. The molecule has 0 spiro atoms. The molecule has 0 radical (unpaired) electrons. The maximum Gasteiger partial charge on any atom is 0.146 e. The highest BCUT2D eigenvalue weighted by Crippen LogP contribution is 2.35. The third kappa shape index (κ3) is 1.66. The van der Waals surface area contributed by atoms with E-state index in [1.807, 2.05) is 25.1 Å². The number of nitrogens with zero attached hydrogens (tertiary/aromatic N) is 1. The summed E-state index contributed by atoms with van der Waals surface area (Å²) in [6, 6.07) is 10.8. The zero-order valence-electron chi connectivity index (χ0n) is 9.77. The Balaban J connectivity index is 2.26. The molecule has 2 nitrogen and oxygen atoms in total. The van der Waals surface area contributed by atoms with Gasteiger partial charge in [0.05, 0.1) is 15.9 Å². The van der Waals surface area contributed by atoms with Gasteiger partial charge in [0.25, 0.3) is 0 Å². The number of aromatic nitrogens is 1. The van der Waals surface area contributed by atoms with Crippen LogP contribution < -0.4 is 5.73 Å². The predicted octanol–water partition coefficient (Wildman–Crippen LogP) is 3.99. The fourth-order valence-corrected chi connectivity index (χ4v) is 3.01. The molecule has 0 aliphatic heterocycles. The van der Waals surface area contributed by atoms with Crippen molar-refractivity contribution >= 4 is 27.2 Å². The number of hydrogen-bond donors (Lipinski definition) is 1. The first kappa shape index (κ1) is 11.2. The van der Waals surface area contributed by atoms with E-state index in [-0.39, 0.29) is 5.69 Å². The Hall–Kier alpha value is -1.94. The number of hydrogen-bond acceptors (Lipinski definition) is 3. The third-order valence-electron chi connectivity index (χ3n) is 2.90. The number of thiazole rings is 1. The molecule has 1 heterocycles. The van der Waals surface area contributed by atoms with Crippen molar-refractivity contribution < 1.29 is 4.39 Å². The summed E-state index contributed by atoms with van der Waals surface area (Å²) in [5.74, 6) is -0.400. The quantitative estimate of drug-likeness (QED) is 0.670. The van der Waals surface area contributed by atoms with E-state index in [4.69, 9.17) is 5.73 Å². The van der Waals surface area contributed by atoms with Gasteiger partial charge >= 0.3 is 0 Å². The second-order valence-corrected chi connectivity index (χ2v) is 5.17. The zero-order chi connectivity index (χ0) is 12.7. The van der Waals surface area contributed by atoms with Crippen molar-refractivity contribution in [2.75, 3.05) is 5.73 Å². The van der Waals surface area contributed by atoms with Crippen LogP contribution in [0.15, 0.2) is 36.4 Å². The van der Waals surface area contributed by atoms with Gasteiger partial charge in [-0.2, -0.15) is 0 Å². The van der Waals surface area contributed by atoms with E-state index in [2.05, 4.69) is 4.98 Å². The van der Waals surface area contributed by atoms with Crippen LogP contribution in [0.1, 0.15) is 5.56 Å². The van der Waals surface area contributed by atoms with Gasteiger partial charge in [-0.05, 0) is 30.7 Å². The summed E-state index contributed by atoms with van der Waals surface area (Å²) < 4.78 is 14.5. The van der Waals surface area contributed by atoms with E-state index >= 15 is 0 Å². The van der Waals surface area contributed by atoms with Crippen LogP contribution in [0.4, 0.5) is 10.1 Å². The SMILES string of the molecule is Cc1cccc2sc(-c3cccc(F)c3N)nc12. The lowest BCUT2D eigenvalue weighted by atomic mass is 10.2. The second kappa shape index (κ2) is 4.07. The fraction of sp³-hybridized carbons (Fsp3) is 0.0714. The van der Waals surface area contributed by atoms with E-state index < -0.39 is 5.82 Å². The van der Waals surface area contributed by atoms with Gasteiger partial charge in [-0.15, -0.1) is 11.3 Å². The highest BCUT2D eigenvalue weighted by Gasteiger charge is 2.12. The van der Waals surface area contributed by atoms with Crippen LogP contribution >= 0.6 is 11.3 Å². The molecule has 2 N–H and O–H groups in total. The first-order valence-electron chi connectivity index (χ1n) is 5.57. The van der Waals surface area contributed by atoms with Crippen LogP contribution in [0.2, 0.25) is 0 Å². The van der Waals surface area contributed by atoms with E-state index in [1.54, 1.807) is 12.1 Å². The Morgan fingerprint density at radius 2 is 1.94 bits per heavy atom. The number of benzene rings is 2. The molecule has 3 rings (SSSR count). The summed E-state index contributed by atoms with van der Waals surface area (Å²) in [6.45, 7) is 2.01. The maximum atomic E-state index is 13.5. The van der Waals surface area contributed by atoms with Crippen LogP contribution in [0.5, 0.6) is 0 Å². The Morgan fingerprint density at radius 1 is 1.17 bits per heavy atom. The Labute approximate surface area is 108 Å². The van der Waals surface area contributed by atoms with Gasteiger partial charge in [-0.1, -0.05) is 18.2 Å². The lowest BCUT2D eigenvalue weighted by molar-refractivity contribution is 0.633. The minimum Gasteiger partial charge on any atom is -0.396 e. The molecular formula is C14H11FN2S. The number of fused-ring (bicyclic) bond motifs is 1. The normalized spacial score (nSPS) is 11.0. The second-order valence-electron chi connectivity index (χ2n) is 4.14. The molecule has 0 unspecified atom stereocenters. The number of nitrogens with two attached hydrogens (primary N) is 1. The molecule has 4 heteroatoms. The van der Waals surface area contributed by atoms with Crippen LogP contribution in [0.3, 0.4) is 0 Å². The minimum atomic E-state index is -0.400. The molecular weight excluding hydrogens is 247 g/mol. The van der Waals surface area contributed by atoms with E-state index in [9.17, 15) is 4.39 Å². The van der Waals surface area contributed by atoms with Crippen molar-refractivity contribution in [3.05, 3.63) is 47.8 Å². The predicted molar refractivity (Wildman–Crippen MR) is 74.2 cm³/mol. The topological polar surface area (TPSA) is 38.9 Å². The van der Waals surface area contributed by atoms with E-state index in [0.717, 1.165) is 20.8 Å². The summed E-state index contributed by atoms with van der Waals surface area (Å²) >= 11 is 1.53. The van der Waals surface area contributed by atoms with Gasteiger partial charge in [0.15, 0.2) is 0 Å². The summed E-state index contributed by atoms with van der Waals surface area (Å²) in [7, 11) is 0. The molecule has 3 aromatic rings. The van der Waals surface area contributed by atoms with E-state index in [1.165, 1.54) is 17.4 Å². The minimum absolute atomic E-state index is 0.161. The van der Waals surface area contributed by atoms with Crippen molar-refractivity contribution in [3.8, 4) is 10.6 Å². The summed E-state index contributed by atoms with van der Waals surface area (Å²) in [5.41, 5.74) is 8.67. The number of nitrogen functional groups attached to an aromatic ring is 1. The van der Waals surface area contributed by atoms with Crippen LogP contribution in [-0.4, -0.2) is 4.98 Å². The molecule has 0 aliphatic rings. The molecule has 0 bridgehead atoms. The van der Waals surface area contributed by atoms with Crippen molar-refractivity contribution in [2.45, 2.75) is 6.92 Å². The van der Waals surface area contributed by atoms with Crippen molar-refractivity contribution in [3.63, 3.8) is 0 Å². The zero-order valence-corrected chi connectivity index (χ0v) is 10.6. The molecule has 0 amide bonds. The van der Waals surface area contributed by atoms with Gasteiger partial charge in [-0.25, -0.2) is 9.37 Å². The summed E-state index contributed by atoms with van der Waals surface area (Å²) in [5, 5.41) is 0.760. The van der Waals surface area contributed by atoms with Crippen LogP contribution in [0.25, 0.3) is 20.8 Å². The molecule has 0 aliphatic carbocycles. The fourth-order valence-electron chi connectivity index (χ4n) is 1.92. The summed E-state index contributed by atoms with van der Waals surface area (Å²) in [6.07, 6.45) is 0. The molecule has 0 fully saturated rings. The van der Waals surface area contributed by atoms with Gasteiger partial charge in [-0.3, -0.25) is 0 Å². The smallest absolute Gasteiger partial charge is 0.146 e. The Bertz CT molecular complexity index is 734. The largest absolute Gasteiger partial charge is 0.396 e. The number of anilines is 1. The average Bonchev–Trinajstić information content (AvgIpc) is 2.78. The highest BCUT2D eigenvalue weighted by atomic mass is 32.1. The monoisotopic (exact) mass is 258 g/mol. The molecule has 0 atom stereocenters. The van der Waals surface area contributed by atoms with Crippen molar-refractivity contribution in [1.29, 1.82) is 0 Å². The number of aryl methyl sites for hydroxylation is 1. The molecule has 0 saturated carbocycles. The molecule has 0 saturated heterocycles. The summed E-state index contributed by atoms with van der Waals surface area (Å²) in [4.78, 5) is 4.56. The van der Waals surface area contributed by atoms with Crippen LogP contribution in [0, 0.1) is 12.7 Å². The lowest BCUT2D eigenvalue weighted by Gasteiger charge is -2.01.